The van der Waals surface area contributed by atoms with Crippen LogP contribution in [0.1, 0.15) is 36.4 Å². The number of nitrogens with zero attached hydrogens (tertiary/aromatic N) is 8. The van der Waals surface area contributed by atoms with Crippen LogP contribution in [0.2, 0.25) is 0 Å². The Kier molecular flexibility index (Phi) is 9.74. The molecule has 14 heteroatoms. The van der Waals surface area contributed by atoms with Crippen molar-refractivity contribution in [3.8, 4) is 5.82 Å². The van der Waals surface area contributed by atoms with E-state index in [2.05, 4.69) is 41.9 Å². The van der Waals surface area contributed by atoms with Crippen molar-refractivity contribution in [3.63, 3.8) is 0 Å². The number of rotatable bonds is 11. The van der Waals surface area contributed by atoms with E-state index in [0.717, 1.165) is 54.2 Å². The molecule has 4 aromatic heterocycles. The topological polar surface area (TPSA) is 150 Å². The molecule has 1 aliphatic rings. The summed E-state index contributed by atoms with van der Waals surface area (Å²) in [6, 6.07) is 25.8. The molecule has 284 valence electrons. The number of H-pyrrole nitrogens is 1. The largest absolute Gasteiger partial charge is 0.384 e. The number of nitrogens with one attached hydrogen (secondary N) is 2. The Balaban J connectivity index is 0.932. The third kappa shape index (κ3) is 7.31. The Morgan fingerprint density at radius 2 is 1.70 bits per heavy atom. The molecule has 0 unspecified atom stereocenters. The van der Waals surface area contributed by atoms with E-state index >= 15 is 4.39 Å². The van der Waals surface area contributed by atoms with Gasteiger partial charge in [-0.1, -0.05) is 42.5 Å². The zero-order valence-corrected chi connectivity index (χ0v) is 31.1. The van der Waals surface area contributed by atoms with Gasteiger partial charge >= 0.3 is 0 Å². The minimum Gasteiger partial charge on any atom is -0.384 e. The molecule has 7 aromatic rings. The number of halogens is 1. The van der Waals surface area contributed by atoms with E-state index in [9.17, 15) is 14.7 Å². The van der Waals surface area contributed by atoms with Gasteiger partial charge in [0.25, 0.3) is 11.1 Å². The molecule has 0 aliphatic carbocycles. The number of aliphatic hydroxyl groups is 1. The van der Waals surface area contributed by atoms with E-state index in [4.69, 9.17) is 4.98 Å². The van der Waals surface area contributed by atoms with Crippen molar-refractivity contribution >= 4 is 39.1 Å². The molecule has 1 saturated heterocycles. The molecule has 0 amide bonds. The lowest BCUT2D eigenvalue weighted by atomic mass is 10.0. The van der Waals surface area contributed by atoms with E-state index in [0.29, 0.717) is 52.4 Å². The maximum Gasteiger partial charge on any atom is 0.278 e. The lowest BCUT2D eigenvalue weighted by Gasteiger charge is -2.36. The molecule has 56 heavy (non-hydrogen) atoms. The van der Waals surface area contributed by atoms with Crippen LogP contribution in [0.5, 0.6) is 0 Å². The first-order chi connectivity index (χ1) is 27.1. The Labute approximate surface area is 321 Å². The van der Waals surface area contributed by atoms with Crippen molar-refractivity contribution in [2.75, 3.05) is 36.4 Å². The molecular formula is C42H41FN10O3. The molecule has 0 radical (unpaired) electrons. The van der Waals surface area contributed by atoms with E-state index in [1.807, 2.05) is 48.5 Å². The van der Waals surface area contributed by atoms with Crippen LogP contribution < -0.4 is 21.3 Å². The zero-order chi connectivity index (χ0) is 39.0. The smallest absolute Gasteiger partial charge is 0.278 e. The van der Waals surface area contributed by atoms with Gasteiger partial charge in [-0.25, -0.2) is 28.8 Å². The van der Waals surface area contributed by atoms with Gasteiger partial charge in [0.2, 0.25) is 5.95 Å². The Morgan fingerprint density at radius 1 is 0.929 bits per heavy atom. The summed E-state index contributed by atoms with van der Waals surface area (Å²) in [5.74, 6) is 0.498. The van der Waals surface area contributed by atoms with Gasteiger partial charge in [-0.15, -0.1) is 6.58 Å². The second-order valence-corrected chi connectivity index (χ2v) is 14.4. The minimum atomic E-state index is -1.18. The summed E-state index contributed by atoms with van der Waals surface area (Å²) in [5.41, 5.74) is 3.28. The minimum absolute atomic E-state index is 0.224. The summed E-state index contributed by atoms with van der Waals surface area (Å²) in [5, 5.41) is 22.4. The summed E-state index contributed by atoms with van der Waals surface area (Å²) < 4.78 is 18.2. The van der Waals surface area contributed by atoms with Gasteiger partial charge in [-0.05, 0) is 67.9 Å². The molecule has 13 nitrogen and oxygen atoms in total. The van der Waals surface area contributed by atoms with Crippen molar-refractivity contribution in [1.82, 2.24) is 39.4 Å². The van der Waals surface area contributed by atoms with Crippen LogP contribution in [0.15, 0.2) is 113 Å². The van der Waals surface area contributed by atoms with Gasteiger partial charge in [0.1, 0.15) is 16.8 Å². The predicted octanol–water partition coefficient (Wildman–Crippen LogP) is 5.42. The number of fused-ring (bicyclic) bond motifs is 2. The highest BCUT2D eigenvalue weighted by molar-refractivity contribution is 5.83. The monoisotopic (exact) mass is 752 g/mol. The summed E-state index contributed by atoms with van der Waals surface area (Å²) in [7, 11) is 0. The number of hydrogen-bond acceptors (Lipinski definition) is 10. The van der Waals surface area contributed by atoms with Crippen molar-refractivity contribution in [2.24, 2.45) is 0 Å². The molecule has 3 aromatic carbocycles. The van der Waals surface area contributed by atoms with Gasteiger partial charge in [-0.3, -0.25) is 14.5 Å². The Bertz CT molecular complexity index is 2690. The summed E-state index contributed by atoms with van der Waals surface area (Å²) >= 11 is 0. The Hall–Kier alpha value is -6.51. The fourth-order valence-corrected chi connectivity index (χ4v) is 7.14. The van der Waals surface area contributed by atoms with Crippen LogP contribution in [0.4, 0.5) is 21.7 Å². The molecule has 0 spiro atoms. The van der Waals surface area contributed by atoms with Crippen LogP contribution in [-0.2, 0) is 25.1 Å². The second-order valence-electron chi connectivity index (χ2n) is 14.4. The average molecular weight is 753 g/mol. The third-order valence-electron chi connectivity index (χ3n) is 10.1. The highest BCUT2D eigenvalue weighted by Crippen LogP contribution is 2.25. The second kappa shape index (κ2) is 15.0. The molecule has 0 bridgehead atoms. The average Bonchev–Trinajstić information content (AvgIpc) is 3.47. The van der Waals surface area contributed by atoms with E-state index in [-0.39, 0.29) is 23.5 Å². The van der Waals surface area contributed by atoms with Crippen LogP contribution >= 0.6 is 0 Å². The molecule has 0 saturated carbocycles. The van der Waals surface area contributed by atoms with Gasteiger partial charge < -0.3 is 15.3 Å². The molecule has 3 N–H and O–H groups in total. The lowest BCUT2D eigenvalue weighted by Crippen LogP contribution is -2.46. The first-order valence-corrected chi connectivity index (χ1v) is 18.4. The quantitative estimate of drug-likeness (QED) is 0.146. The summed E-state index contributed by atoms with van der Waals surface area (Å²) in [6.07, 6.45) is 3.61. The molecule has 8 rings (SSSR count). The number of benzene rings is 3. The van der Waals surface area contributed by atoms with Crippen molar-refractivity contribution < 1.29 is 9.50 Å². The number of pyridine rings is 1. The standard InChI is InChI=1S/C42H41FN10O3/c1-4-18-52-40(55)33-25-44-41(47-38(33)53(52)37-11-7-10-36(46-37)42(2,3)56)45-29-13-15-30(16-14-29)51-21-19-50(20-22-51)26-28-23-27(12-17-34(28)43)24-35-31-8-5-6-9-32(31)39(54)49-48-35/h4-17,23,25,56H,1,18-22,24,26H2,2-3H3,(H,49,54)(H,44,45,47). The van der Waals surface area contributed by atoms with Gasteiger partial charge in [0, 0.05) is 67.7 Å². The number of aromatic nitrogens is 7. The molecule has 5 heterocycles. The fourth-order valence-electron chi connectivity index (χ4n) is 7.14. The number of hydrogen-bond donors (Lipinski definition) is 3. The molecular weight excluding hydrogens is 712 g/mol. The van der Waals surface area contributed by atoms with Gasteiger partial charge in [0.15, 0.2) is 11.5 Å². The lowest BCUT2D eigenvalue weighted by molar-refractivity contribution is 0.0738. The van der Waals surface area contributed by atoms with Gasteiger partial charge in [-0.2, -0.15) is 10.1 Å². The van der Waals surface area contributed by atoms with E-state index in [1.165, 1.54) is 16.9 Å². The zero-order valence-electron chi connectivity index (χ0n) is 31.1. The number of anilines is 3. The van der Waals surface area contributed by atoms with Gasteiger partial charge in [0.05, 0.1) is 23.3 Å². The third-order valence-corrected chi connectivity index (χ3v) is 10.1. The van der Waals surface area contributed by atoms with Crippen molar-refractivity contribution in [3.05, 3.63) is 153 Å². The first kappa shape index (κ1) is 36.5. The Morgan fingerprint density at radius 3 is 2.45 bits per heavy atom. The van der Waals surface area contributed by atoms with Crippen LogP contribution in [0.3, 0.4) is 0 Å². The number of piperazine rings is 1. The van der Waals surface area contributed by atoms with E-state index in [1.54, 1.807) is 54.9 Å². The molecule has 1 fully saturated rings. The van der Waals surface area contributed by atoms with Crippen LogP contribution in [-0.4, -0.2) is 70.7 Å². The van der Waals surface area contributed by atoms with Crippen LogP contribution in [0.25, 0.3) is 27.6 Å². The van der Waals surface area contributed by atoms with Crippen LogP contribution in [0, 0.1) is 5.82 Å². The number of aromatic amines is 1. The van der Waals surface area contributed by atoms with Crippen molar-refractivity contribution in [1.29, 1.82) is 0 Å². The highest BCUT2D eigenvalue weighted by Gasteiger charge is 2.23. The maximum atomic E-state index is 15.0. The number of allylic oxidation sites excluding steroid dienone is 1. The first-order valence-electron chi connectivity index (χ1n) is 18.4. The predicted molar refractivity (Wildman–Crippen MR) is 215 cm³/mol. The maximum absolute atomic E-state index is 15.0. The molecule has 1 aliphatic heterocycles. The normalized spacial score (nSPS) is 13.8. The fraction of sp³-hybridized carbons (Fsp3) is 0.238. The summed E-state index contributed by atoms with van der Waals surface area (Å²) in [6.45, 7) is 10.9. The summed E-state index contributed by atoms with van der Waals surface area (Å²) in [4.78, 5) is 44.0. The highest BCUT2D eigenvalue weighted by atomic mass is 19.1. The SMILES string of the molecule is C=CCn1c(=O)c2cnc(Nc3ccc(N4CCN(Cc5cc(Cc6n[nH]c(=O)c7ccccc67)ccc5F)CC4)cc3)nc2n1-c1cccc(C(C)(C)O)n1. The van der Waals surface area contributed by atoms with E-state index < -0.39 is 5.60 Å². The van der Waals surface area contributed by atoms with Crippen molar-refractivity contribution in [2.45, 2.75) is 39.0 Å². The molecule has 0 atom stereocenters.